The molecular formula is C23H40F5N5O2. The van der Waals surface area contributed by atoms with E-state index < -0.39 is 42.8 Å². The zero-order chi connectivity index (χ0) is 25.8. The predicted molar refractivity (Wildman–Crippen MR) is 122 cm³/mol. The topological polar surface area (TPSA) is 88.1 Å². The van der Waals surface area contributed by atoms with Gasteiger partial charge in [-0.05, 0) is 51.5 Å². The number of nitrogens with zero attached hydrogens (tertiary/aromatic N) is 3. The number of hydrogen-bond acceptors (Lipinski definition) is 5. The maximum absolute atomic E-state index is 15.2. The molecule has 5 unspecified atom stereocenters. The van der Waals surface area contributed by atoms with Gasteiger partial charge in [-0.1, -0.05) is 6.92 Å². The molecule has 0 radical (unpaired) electrons. The van der Waals surface area contributed by atoms with Gasteiger partial charge in [0.25, 0.3) is 0 Å². The quantitative estimate of drug-likeness (QED) is 0.403. The van der Waals surface area contributed by atoms with Crippen LogP contribution in [-0.4, -0.2) is 97.0 Å². The number of rotatable bonds is 7. The molecule has 4 N–H and O–H groups in total. The molecule has 5 atom stereocenters. The molecule has 3 aliphatic rings. The van der Waals surface area contributed by atoms with E-state index in [0.717, 1.165) is 19.6 Å². The van der Waals surface area contributed by atoms with Gasteiger partial charge in [0.15, 0.2) is 0 Å². The van der Waals surface area contributed by atoms with Crippen molar-refractivity contribution in [1.82, 2.24) is 14.7 Å². The van der Waals surface area contributed by atoms with Crippen LogP contribution in [0.1, 0.15) is 51.9 Å². The van der Waals surface area contributed by atoms with Gasteiger partial charge in [0.2, 0.25) is 6.23 Å². The van der Waals surface area contributed by atoms with E-state index in [2.05, 4.69) is 11.8 Å². The second-order valence-corrected chi connectivity index (χ2v) is 10.2. The van der Waals surface area contributed by atoms with Crippen LogP contribution in [0.2, 0.25) is 0 Å². The first-order valence-electron chi connectivity index (χ1n) is 12.8. The highest BCUT2D eigenvalue weighted by atomic mass is 19.4. The van der Waals surface area contributed by atoms with Crippen molar-refractivity contribution in [3.8, 4) is 0 Å². The molecule has 3 fully saturated rings. The van der Waals surface area contributed by atoms with Crippen LogP contribution in [0.5, 0.6) is 0 Å². The highest BCUT2D eigenvalue weighted by Crippen LogP contribution is 2.36. The molecule has 0 aromatic heterocycles. The Balaban J connectivity index is 1.61. The maximum Gasteiger partial charge on any atom is 0.428 e. The van der Waals surface area contributed by atoms with Crippen LogP contribution >= 0.6 is 0 Å². The summed E-state index contributed by atoms with van der Waals surface area (Å²) in [5, 5.41) is 0. The van der Waals surface area contributed by atoms with Gasteiger partial charge in [-0.25, -0.2) is 13.6 Å². The Morgan fingerprint density at radius 3 is 2.20 bits per heavy atom. The van der Waals surface area contributed by atoms with Gasteiger partial charge >= 0.3 is 12.2 Å². The number of carbonyl (C=O) groups is 1. The Morgan fingerprint density at radius 1 is 1.03 bits per heavy atom. The highest BCUT2D eigenvalue weighted by molar-refractivity contribution is 5.75. The van der Waals surface area contributed by atoms with E-state index >= 15 is 4.39 Å². The minimum Gasteiger partial charge on any atom is -0.336 e. The Kier molecular flexibility index (Phi) is 9.98. The summed E-state index contributed by atoms with van der Waals surface area (Å²) in [6.45, 7) is 5.95. The molecule has 35 heavy (non-hydrogen) atoms. The van der Waals surface area contributed by atoms with E-state index in [0.29, 0.717) is 51.6 Å². The SMILES string of the molecule is CCN1CCN(C(=O)N(CC2CCC(C(N)OC(N)C(F)(F)F)CC2F)C2CCC(F)CC2)CC1. The summed E-state index contributed by atoms with van der Waals surface area (Å²) in [5.41, 5.74) is 10.8. The minimum atomic E-state index is -4.74. The molecule has 2 saturated carbocycles. The summed E-state index contributed by atoms with van der Waals surface area (Å²) < 4.78 is 71.8. The third-order valence-corrected chi connectivity index (χ3v) is 7.87. The van der Waals surface area contributed by atoms with Gasteiger partial charge in [0.1, 0.15) is 18.6 Å². The lowest BCUT2D eigenvalue weighted by Gasteiger charge is -2.44. The first-order chi connectivity index (χ1) is 16.5. The van der Waals surface area contributed by atoms with E-state index in [1.807, 2.05) is 0 Å². The van der Waals surface area contributed by atoms with Crippen molar-refractivity contribution in [3.63, 3.8) is 0 Å². The molecule has 2 amide bonds. The molecule has 2 aliphatic carbocycles. The van der Waals surface area contributed by atoms with E-state index in [1.54, 1.807) is 9.80 Å². The lowest BCUT2D eigenvalue weighted by atomic mass is 9.79. The molecule has 0 bridgehead atoms. The van der Waals surface area contributed by atoms with Crippen LogP contribution in [0, 0.1) is 11.8 Å². The molecule has 204 valence electrons. The zero-order valence-corrected chi connectivity index (χ0v) is 20.4. The Labute approximate surface area is 204 Å². The van der Waals surface area contributed by atoms with E-state index in [1.165, 1.54) is 0 Å². The summed E-state index contributed by atoms with van der Waals surface area (Å²) in [7, 11) is 0. The Hall–Kier alpha value is -1.24. The normalized spacial score (nSPS) is 32.8. The number of nitrogens with two attached hydrogens (primary N) is 2. The maximum atomic E-state index is 15.2. The molecule has 1 heterocycles. The van der Waals surface area contributed by atoms with Crippen molar-refractivity contribution >= 4 is 6.03 Å². The Morgan fingerprint density at radius 2 is 1.66 bits per heavy atom. The standard InChI is InChI=1S/C23H40F5N5O2/c1-2-31-9-11-32(12-10-31)22(34)33(18-7-5-17(24)6-8-18)14-16-4-3-15(13-19(16)25)20(29)35-21(30)23(26,27)28/h15-21H,2-14,29-30H2,1H3. The molecule has 3 rings (SSSR count). The highest BCUT2D eigenvalue weighted by Gasteiger charge is 2.43. The van der Waals surface area contributed by atoms with E-state index in [9.17, 15) is 22.4 Å². The smallest absolute Gasteiger partial charge is 0.336 e. The molecule has 12 heteroatoms. The van der Waals surface area contributed by atoms with Crippen LogP contribution in [0.3, 0.4) is 0 Å². The van der Waals surface area contributed by atoms with Crippen LogP contribution in [0.4, 0.5) is 26.7 Å². The summed E-state index contributed by atoms with van der Waals surface area (Å²) in [6.07, 6.45) is -8.23. The average Bonchev–Trinajstić information content (AvgIpc) is 2.83. The molecule has 0 spiro atoms. The molecule has 1 aliphatic heterocycles. The molecule has 7 nitrogen and oxygen atoms in total. The van der Waals surface area contributed by atoms with Crippen molar-refractivity contribution < 1.29 is 31.5 Å². The minimum absolute atomic E-state index is 0.0508. The first-order valence-corrected chi connectivity index (χ1v) is 12.8. The van der Waals surface area contributed by atoms with Gasteiger partial charge < -0.3 is 25.2 Å². The summed E-state index contributed by atoms with van der Waals surface area (Å²) >= 11 is 0. The van der Waals surface area contributed by atoms with E-state index in [4.69, 9.17) is 16.2 Å². The fraction of sp³-hybridized carbons (Fsp3) is 0.957. The summed E-state index contributed by atoms with van der Waals surface area (Å²) in [4.78, 5) is 19.3. The number of urea groups is 1. The number of carbonyl (C=O) groups excluding carboxylic acids is 1. The Bertz CT molecular complexity index is 671. The van der Waals surface area contributed by atoms with Crippen LogP contribution in [-0.2, 0) is 4.74 Å². The third kappa shape index (κ3) is 7.62. The predicted octanol–water partition coefficient (Wildman–Crippen LogP) is 3.23. The van der Waals surface area contributed by atoms with Gasteiger partial charge in [-0.2, -0.15) is 13.2 Å². The summed E-state index contributed by atoms with van der Waals surface area (Å²) in [6, 6.07) is -0.271. The van der Waals surface area contributed by atoms with Crippen LogP contribution in [0.25, 0.3) is 0 Å². The fourth-order valence-corrected chi connectivity index (χ4v) is 5.49. The third-order valence-electron chi connectivity index (χ3n) is 7.87. The number of hydrogen-bond donors (Lipinski definition) is 2. The number of ether oxygens (including phenoxy) is 1. The number of halogens is 5. The van der Waals surface area contributed by atoms with Crippen molar-refractivity contribution in [2.24, 2.45) is 23.3 Å². The molecule has 0 aromatic rings. The van der Waals surface area contributed by atoms with Crippen molar-refractivity contribution in [2.75, 3.05) is 39.3 Å². The van der Waals surface area contributed by atoms with Crippen molar-refractivity contribution in [3.05, 3.63) is 0 Å². The van der Waals surface area contributed by atoms with Gasteiger partial charge in [0.05, 0.1) is 0 Å². The summed E-state index contributed by atoms with van der Waals surface area (Å²) in [5.74, 6) is -1.05. The van der Waals surface area contributed by atoms with Gasteiger partial charge in [-0.3, -0.25) is 5.73 Å². The molecule has 1 saturated heterocycles. The number of alkyl halides is 5. The second kappa shape index (κ2) is 12.3. The number of amides is 2. The van der Waals surface area contributed by atoms with Crippen molar-refractivity contribution in [2.45, 2.75) is 88.9 Å². The second-order valence-electron chi connectivity index (χ2n) is 10.2. The van der Waals surface area contributed by atoms with E-state index in [-0.39, 0.29) is 25.0 Å². The van der Waals surface area contributed by atoms with Crippen molar-refractivity contribution in [1.29, 1.82) is 0 Å². The molecule has 0 aromatic carbocycles. The largest absolute Gasteiger partial charge is 0.428 e. The number of likely N-dealkylation sites (N-methyl/N-ethyl adjacent to an activating group) is 1. The fourth-order valence-electron chi connectivity index (χ4n) is 5.49. The first kappa shape index (κ1) is 28.3. The average molecular weight is 514 g/mol. The monoisotopic (exact) mass is 513 g/mol. The van der Waals surface area contributed by atoms with Crippen LogP contribution < -0.4 is 11.5 Å². The number of piperazine rings is 1. The molecular weight excluding hydrogens is 473 g/mol. The lowest BCUT2D eigenvalue weighted by molar-refractivity contribution is -0.237. The lowest BCUT2D eigenvalue weighted by Crippen LogP contribution is -2.57. The van der Waals surface area contributed by atoms with Gasteiger partial charge in [-0.15, -0.1) is 0 Å². The zero-order valence-electron chi connectivity index (χ0n) is 20.4. The van der Waals surface area contributed by atoms with Gasteiger partial charge in [0, 0.05) is 50.6 Å². The van der Waals surface area contributed by atoms with Crippen LogP contribution in [0.15, 0.2) is 0 Å².